The van der Waals surface area contributed by atoms with Gasteiger partial charge in [0.05, 0.1) is 31.1 Å². The fraction of sp³-hybridized carbons (Fsp3) is 0.296. The van der Waals surface area contributed by atoms with E-state index >= 15 is 0 Å². The Hall–Kier alpha value is -3.66. The van der Waals surface area contributed by atoms with Crippen LogP contribution in [-0.2, 0) is 5.41 Å². The van der Waals surface area contributed by atoms with Gasteiger partial charge in [-0.05, 0) is 66.4 Å². The molecule has 0 radical (unpaired) electrons. The molecule has 4 aromatic rings. The second kappa shape index (κ2) is 9.66. The highest BCUT2D eigenvalue weighted by Crippen LogP contribution is 2.44. The number of ether oxygens (including phenoxy) is 1. The van der Waals surface area contributed by atoms with Crippen LogP contribution in [-0.4, -0.2) is 40.3 Å². The third-order valence-corrected chi connectivity index (χ3v) is 6.41. The minimum atomic E-state index is -5.00. The zero-order chi connectivity index (χ0) is 27.0. The summed E-state index contributed by atoms with van der Waals surface area (Å²) in [5.74, 6) is -0.808. The average molecular weight is 520 g/mol. The first-order valence-corrected chi connectivity index (χ1v) is 11.4. The molecule has 1 unspecified atom stereocenters. The molecule has 0 bridgehead atoms. The van der Waals surface area contributed by atoms with Gasteiger partial charge in [-0.3, -0.25) is 0 Å². The van der Waals surface area contributed by atoms with Crippen molar-refractivity contribution in [2.24, 2.45) is 0 Å². The van der Waals surface area contributed by atoms with Gasteiger partial charge in [-0.2, -0.15) is 18.3 Å². The lowest BCUT2D eigenvalue weighted by molar-refractivity contribution is -0.260. The normalized spacial score (nSPS) is 14.0. The summed E-state index contributed by atoms with van der Waals surface area (Å²) in [7, 11) is 1.34. The lowest BCUT2D eigenvalue weighted by Gasteiger charge is -2.38. The number of fused-ring (bicyclic) bond motifs is 1. The number of aromatic nitrogens is 2. The van der Waals surface area contributed by atoms with Gasteiger partial charge in [0.15, 0.2) is 5.60 Å². The van der Waals surface area contributed by atoms with E-state index in [0.29, 0.717) is 22.3 Å². The van der Waals surface area contributed by atoms with E-state index in [4.69, 9.17) is 4.74 Å². The molecule has 1 heterocycles. The van der Waals surface area contributed by atoms with Crippen molar-refractivity contribution in [2.75, 3.05) is 19.0 Å². The van der Waals surface area contributed by atoms with Gasteiger partial charge < -0.3 is 15.2 Å². The number of hydrogen-bond acceptors (Lipinski definition) is 4. The van der Waals surface area contributed by atoms with E-state index < -0.39 is 41.8 Å². The maximum Gasteiger partial charge on any atom is 0.418 e. The summed E-state index contributed by atoms with van der Waals surface area (Å²) in [5.41, 5.74) is -2.78. The number of alkyl halides is 3. The van der Waals surface area contributed by atoms with Crippen LogP contribution in [0.3, 0.4) is 0 Å². The van der Waals surface area contributed by atoms with Crippen molar-refractivity contribution in [3.05, 3.63) is 84.1 Å². The zero-order valence-electron chi connectivity index (χ0n) is 20.4. The largest absolute Gasteiger partial charge is 0.496 e. The van der Waals surface area contributed by atoms with Crippen LogP contribution in [0.15, 0.2) is 66.9 Å². The van der Waals surface area contributed by atoms with Crippen molar-refractivity contribution in [1.29, 1.82) is 0 Å². The van der Waals surface area contributed by atoms with Gasteiger partial charge in [0.2, 0.25) is 0 Å². The fourth-order valence-electron chi connectivity index (χ4n) is 4.53. The van der Waals surface area contributed by atoms with Crippen LogP contribution in [0, 0.1) is 11.6 Å². The standard InChI is InChI=1S/C27H26F5N3O2/c1-25(2,21-13-18(29)9-12-24(21)37-3)15-26(36,27(30,31)32)16-33-22-5-4-6-23-20(22)14-34-35(23)19-10-7-17(28)8-11-19/h4-14,33,36H,15-16H2,1-3H3. The predicted molar refractivity (Wildman–Crippen MR) is 131 cm³/mol. The van der Waals surface area contributed by atoms with Crippen molar-refractivity contribution in [3.63, 3.8) is 0 Å². The average Bonchev–Trinajstić information content (AvgIpc) is 3.27. The Balaban J connectivity index is 1.64. The van der Waals surface area contributed by atoms with Crippen molar-refractivity contribution in [3.8, 4) is 11.4 Å². The summed E-state index contributed by atoms with van der Waals surface area (Å²) in [5, 5.41) is 18.5. The number of nitrogens with zero attached hydrogens (tertiary/aromatic N) is 2. The van der Waals surface area contributed by atoms with Crippen LogP contribution < -0.4 is 10.1 Å². The first-order valence-electron chi connectivity index (χ1n) is 11.4. The maximum absolute atomic E-state index is 14.2. The molecular formula is C27H26F5N3O2. The monoisotopic (exact) mass is 519 g/mol. The Kier molecular flexibility index (Phi) is 6.89. The Bertz CT molecular complexity index is 1400. The molecule has 3 aromatic carbocycles. The second-order valence-corrected chi connectivity index (χ2v) is 9.56. The summed E-state index contributed by atoms with van der Waals surface area (Å²) < 4.78 is 76.8. The molecule has 5 nitrogen and oxygen atoms in total. The highest BCUT2D eigenvalue weighted by molar-refractivity contribution is 5.92. The molecule has 2 N–H and O–H groups in total. The molecule has 0 spiro atoms. The van der Waals surface area contributed by atoms with E-state index in [1.54, 1.807) is 18.2 Å². The highest BCUT2D eigenvalue weighted by Gasteiger charge is 2.56. The highest BCUT2D eigenvalue weighted by atomic mass is 19.4. The molecule has 0 saturated carbocycles. The van der Waals surface area contributed by atoms with Gasteiger partial charge in [0, 0.05) is 16.6 Å². The van der Waals surface area contributed by atoms with Gasteiger partial charge in [0.1, 0.15) is 17.4 Å². The third kappa shape index (κ3) is 5.24. The number of benzene rings is 3. The molecular weight excluding hydrogens is 493 g/mol. The lowest BCUT2D eigenvalue weighted by atomic mass is 9.74. The van der Waals surface area contributed by atoms with Crippen LogP contribution in [0.2, 0.25) is 0 Å². The molecule has 37 heavy (non-hydrogen) atoms. The van der Waals surface area contributed by atoms with Crippen LogP contribution in [0.1, 0.15) is 25.8 Å². The quantitative estimate of drug-likeness (QED) is 0.265. The molecule has 0 fully saturated rings. The SMILES string of the molecule is COc1ccc(F)cc1C(C)(C)CC(O)(CNc1cccc2c1cnn2-c1ccc(F)cc1)C(F)(F)F. The van der Waals surface area contributed by atoms with E-state index in [1.807, 2.05) is 0 Å². The molecule has 10 heteroatoms. The summed E-state index contributed by atoms with van der Waals surface area (Å²) in [4.78, 5) is 0. The minimum Gasteiger partial charge on any atom is -0.496 e. The van der Waals surface area contributed by atoms with Crippen molar-refractivity contribution in [1.82, 2.24) is 9.78 Å². The third-order valence-electron chi connectivity index (χ3n) is 6.41. The molecule has 1 aromatic heterocycles. The summed E-state index contributed by atoms with van der Waals surface area (Å²) in [6.45, 7) is 2.13. The fourth-order valence-corrected chi connectivity index (χ4v) is 4.53. The maximum atomic E-state index is 14.2. The summed E-state index contributed by atoms with van der Waals surface area (Å²) in [6, 6.07) is 14.2. The molecule has 4 rings (SSSR count). The van der Waals surface area contributed by atoms with Gasteiger partial charge in [-0.15, -0.1) is 0 Å². The summed E-state index contributed by atoms with van der Waals surface area (Å²) in [6.07, 6.45) is -4.28. The van der Waals surface area contributed by atoms with Crippen LogP contribution >= 0.6 is 0 Å². The van der Waals surface area contributed by atoms with Gasteiger partial charge in [0.25, 0.3) is 0 Å². The smallest absolute Gasteiger partial charge is 0.418 e. The Morgan fingerprint density at radius 1 is 0.973 bits per heavy atom. The lowest BCUT2D eigenvalue weighted by Crippen LogP contribution is -2.53. The number of hydrogen-bond donors (Lipinski definition) is 2. The first kappa shape index (κ1) is 26.4. The van der Waals surface area contributed by atoms with Gasteiger partial charge in [-0.1, -0.05) is 19.9 Å². The van der Waals surface area contributed by atoms with Crippen LogP contribution in [0.5, 0.6) is 5.75 Å². The molecule has 0 aliphatic heterocycles. The Morgan fingerprint density at radius 3 is 2.30 bits per heavy atom. The van der Waals surface area contributed by atoms with Crippen molar-refractivity contribution in [2.45, 2.75) is 37.5 Å². The second-order valence-electron chi connectivity index (χ2n) is 9.56. The zero-order valence-corrected chi connectivity index (χ0v) is 20.4. The van der Waals surface area contributed by atoms with Crippen molar-refractivity contribution < 1.29 is 31.8 Å². The minimum absolute atomic E-state index is 0.209. The number of aliphatic hydroxyl groups is 1. The van der Waals surface area contributed by atoms with E-state index in [1.165, 1.54) is 62.2 Å². The molecule has 1 atom stereocenters. The number of anilines is 1. The molecule has 0 aliphatic carbocycles. The predicted octanol–water partition coefficient (Wildman–Crippen LogP) is 6.39. The molecule has 196 valence electrons. The van der Waals surface area contributed by atoms with E-state index in [-0.39, 0.29) is 11.3 Å². The van der Waals surface area contributed by atoms with Crippen molar-refractivity contribution >= 4 is 16.6 Å². The Labute approximate surface area is 210 Å². The van der Waals surface area contributed by atoms with E-state index in [9.17, 15) is 27.1 Å². The van der Waals surface area contributed by atoms with E-state index in [2.05, 4.69) is 10.4 Å². The molecule has 0 saturated heterocycles. The molecule has 0 amide bonds. The number of methoxy groups -OCH3 is 1. The number of nitrogens with one attached hydrogen (secondary N) is 1. The van der Waals surface area contributed by atoms with Crippen LogP contribution in [0.4, 0.5) is 27.6 Å². The van der Waals surface area contributed by atoms with Gasteiger partial charge in [-0.25, -0.2) is 13.5 Å². The molecule has 0 aliphatic rings. The summed E-state index contributed by atoms with van der Waals surface area (Å²) >= 11 is 0. The topological polar surface area (TPSA) is 59.3 Å². The van der Waals surface area contributed by atoms with Gasteiger partial charge >= 0.3 is 6.18 Å². The Morgan fingerprint density at radius 2 is 1.65 bits per heavy atom. The number of halogens is 5. The van der Waals surface area contributed by atoms with Crippen LogP contribution in [0.25, 0.3) is 16.6 Å². The van der Waals surface area contributed by atoms with E-state index in [0.717, 1.165) is 12.1 Å². The first-order chi connectivity index (χ1) is 17.3. The number of rotatable bonds is 8.